The highest BCUT2D eigenvalue weighted by molar-refractivity contribution is 5.98. The Morgan fingerprint density at radius 2 is 1.89 bits per heavy atom. The van der Waals surface area contributed by atoms with E-state index in [1.54, 1.807) is 14.0 Å². The summed E-state index contributed by atoms with van der Waals surface area (Å²) in [4.78, 5) is 24.3. The van der Waals surface area contributed by atoms with Crippen LogP contribution in [0.15, 0.2) is 0 Å². The number of H-pyrrole nitrogens is 1. The van der Waals surface area contributed by atoms with Crippen LogP contribution >= 0.6 is 0 Å². The van der Waals surface area contributed by atoms with Crippen LogP contribution in [-0.4, -0.2) is 39.8 Å². The zero-order chi connectivity index (χ0) is 13.9. The van der Waals surface area contributed by atoms with Crippen LogP contribution in [0, 0.1) is 6.92 Å². The number of aromatic amines is 1. The molecule has 1 aliphatic carbocycles. The van der Waals surface area contributed by atoms with Gasteiger partial charge < -0.3 is 10.6 Å². The van der Waals surface area contributed by atoms with Gasteiger partial charge in [0.05, 0.1) is 5.69 Å². The van der Waals surface area contributed by atoms with E-state index in [0.29, 0.717) is 18.5 Å². The second kappa shape index (κ2) is 5.38. The van der Waals surface area contributed by atoms with E-state index in [1.807, 2.05) is 0 Å². The number of hydrogen-bond donors (Lipinski definition) is 3. The number of rotatable bonds is 3. The van der Waals surface area contributed by atoms with Gasteiger partial charge in [0.25, 0.3) is 5.91 Å². The van der Waals surface area contributed by atoms with E-state index in [2.05, 4.69) is 26.0 Å². The van der Waals surface area contributed by atoms with Crippen molar-refractivity contribution in [3.8, 4) is 0 Å². The van der Waals surface area contributed by atoms with Crippen LogP contribution in [0.1, 0.15) is 48.3 Å². The molecule has 3 N–H and O–H groups in total. The molecule has 1 aromatic heterocycles. The molecule has 0 atom stereocenters. The van der Waals surface area contributed by atoms with Crippen molar-refractivity contribution >= 4 is 11.8 Å². The van der Waals surface area contributed by atoms with Gasteiger partial charge in [0.1, 0.15) is 5.54 Å². The Balaban J connectivity index is 2.19. The Hall–Kier alpha value is -1.92. The summed E-state index contributed by atoms with van der Waals surface area (Å²) in [6, 6.07) is 0. The molecule has 1 aromatic rings. The molecule has 1 saturated carbocycles. The minimum Gasteiger partial charge on any atom is -0.357 e. The molecule has 2 rings (SSSR count). The highest BCUT2D eigenvalue weighted by atomic mass is 16.2. The molecule has 2 amide bonds. The van der Waals surface area contributed by atoms with Gasteiger partial charge in [-0.05, 0) is 19.8 Å². The first-order valence-corrected chi connectivity index (χ1v) is 6.51. The number of amides is 2. The van der Waals surface area contributed by atoms with Crippen molar-refractivity contribution in [2.24, 2.45) is 0 Å². The van der Waals surface area contributed by atoms with Crippen LogP contribution in [-0.2, 0) is 4.79 Å². The lowest BCUT2D eigenvalue weighted by molar-refractivity contribution is -0.128. The van der Waals surface area contributed by atoms with Crippen molar-refractivity contribution in [1.82, 2.24) is 26.0 Å². The quantitative estimate of drug-likeness (QED) is 0.731. The SMILES string of the molecule is CNC(=O)C1(NC(=O)c2n[nH]nc2C)CCCCC1. The van der Waals surface area contributed by atoms with E-state index < -0.39 is 5.54 Å². The Bertz CT molecular complexity index is 476. The molecule has 7 heteroatoms. The van der Waals surface area contributed by atoms with Crippen molar-refractivity contribution < 1.29 is 9.59 Å². The molecule has 0 aromatic carbocycles. The molecule has 1 aliphatic rings. The average Bonchev–Trinajstić information content (AvgIpc) is 2.85. The summed E-state index contributed by atoms with van der Waals surface area (Å²) in [5.41, 5.74) is -0.0376. The zero-order valence-corrected chi connectivity index (χ0v) is 11.2. The van der Waals surface area contributed by atoms with Gasteiger partial charge in [-0.1, -0.05) is 19.3 Å². The number of likely N-dealkylation sites (N-methyl/N-ethyl adjacent to an activating group) is 1. The smallest absolute Gasteiger partial charge is 0.274 e. The topological polar surface area (TPSA) is 99.8 Å². The van der Waals surface area contributed by atoms with Crippen molar-refractivity contribution in [3.63, 3.8) is 0 Å². The van der Waals surface area contributed by atoms with Crippen molar-refractivity contribution in [2.75, 3.05) is 7.05 Å². The van der Waals surface area contributed by atoms with Crippen molar-refractivity contribution in [1.29, 1.82) is 0 Å². The number of aryl methyl sites for hydroxylation is 1. The van der Waals surface area contributed by atoms with Crippen LogP contribution in [0.2, 0.25) is 0 Å². The van der Waals surface area contributed by atoms with E-state index >= 15 is 0 Å². The van der Waals surface area contributed by atoms with Gasteiger partial charge >= 0.3 is 0 Å². The summed E-state index contributed by atoms with van der Waals surface area (Å²) in [6.07, 6.45) is 4.29. The summed E-state index contributed by atoms with van der Waals surface area (Å²) in [5, 5.41) is 15.5. The van der Waals surface area contributed by atoms with Gasteiger partial charge in [-0.15, -0.1) is 0 Å². The normalized spacial score (nSPS) is 17.8. The van der Waals surface area contributed by atoms with Gasteiger partial charge in [0.2, 0.25) is 5.91 Å². The van der Waals surface area contributed by atoms with Crippen LogP contribution in [0.3, 0.4) is 0 Å². The van der Waals surface area contributed by atoms with Crippen LogP contribution in [0.5, 0.6) is 0 Å². The largest absolute Gasteiger partial charge is 0.357 e. The fourth-order valence-electron chi connectivity index (χ4n) is 2.58. The van der Waals surface area contributed by atoms with E-state index in [4.69, 9.17) is 0 Å². The summed E-state index contributed by atoms with van der Waals surface area (Å²) < 4.78 is 0. The molecule has 1 heterocycles. The summed E-state index contributed by atoms with van der Waals surface area (Å²) in [5.74, 6) is -0.488. The number of hydrogen-bond acceptors (Lipinski definition) is 4. The third kappa shape index (κ3) is 2.59. The number of aromatic nitrogens is 3. The molecule has 7 nitrogen and oxygen atoms in total. The second-order valence-electron chi connectivity index (χ2n) is 4.93. The standard InChI is InChI=1S/C12H19N5O2/c1-8-9(16-17-15-8)10(18)14-12(11(19)13-2)6-4-3-5-7-12/h3-7H2,1-2H3,(H,13,19)(H,14,18)(H,15,16,17). The molecular formula is C12H19N5O2. The fourth-order valence-corrected chi connectivity index (χ4v) is 2.58. The Kier molecular flexibility index (Phi) is 3.82. The highest BCUT2D eigenvalue weighted by Gasteiger charge is 2.40. The minimum atomic E-state index is -0.810. The zero-order valence-electron chi connectivity index (χ0n) is 11.2. The molecule has 0 aliphatic heterocycles. The van der Waals surface area contributed by atoms with Gasteiger partial charge in [-0.3, -0.25) is 9.59 Å². The first kappa shape index (κ1) is 13.5. The molecule has 0 bridgehead atoms. The van der Waals surface area contributed by atoms with Crippen molar-refractivity contribution in [2.45, 2.75) is 44.6 Å². The van der Waals surface area contributed by atoms with Crippen LogP contribution in [0.25, 0.3) is 0 Å². The lowest BCUT2D eigenvalue weighted by Gasteiger charge is -2.35. The molecule has 0 saturated heterocycles. The molecule has 104 valence electrons. The predicted octanol–water partition coefficient (Wildman–Crippen LogP) is 0.292. The number of nitrogens with one attached hydrogen (secondary N) is 3. The maximum atomic E-state index is 12.2. The molecule has 1 fully saturated rings. The third-order valence-electron chi connectivity index (χ3n) is 3.66. The predicted molar refractivity (Wildman–Crippen MR) is 68.5 cm³/mol. The number of carbonyl (C=O) groups is 2. The maximum Gasteiger partial charge on any atom is 0.274 e. The minimum absolute atomic E-state index is 0.137. The monoisotopic (exact) mass is 265 g/mol. The first-order chi connectivity index (χ1) is 9.09. The van der Waals surface area contributed by atoms with Gasteiger partial charge in [-0.2, -0.15) is 15.4 Å². The molecule has 0 radical (unpaired) electrons. The lowest BCUT2D eigenvalue weighted by Crippen LogP contribution is -2.59. The van der Waals surface area contributed by atoms with Crippen LogP contribution in [0.4, 0.5) is 0 Å². The fraction of sp³-hybridized carbons (Fsp3) is 0.667. The highest BCUT2D eigenvalue weighted by Crippen LogP contribution is 2.28. The van der Waals surface area contributed by atoms with Crippen molar-refractivity contribution in [3.05, 3.63) is 11.4 Å². The Morgan fingerprint density at radius 1 is 1.21 bits per heavy atom. The molecule has 19 heavy (non-hydrogen) atoms. The van der Waals surface area contributed by atoms with E-state index in [0.717, 1.165) is 19.3 Å². The average molecular weight is 265 g/mol. The molecule has 0 unspecified atom stereocenters. The van der Waals surface area contributed by atoms with E-state index in [9.17, 15) is 9.59 Å². The maximum absolute atomic E-state index is 12.2. The summed E-state index contributed by atoms with van der Waals surface area (Å²) >= 11 is 0. The number of carbonyl (C=O) groups excluding carboxylic acids is 2. The second-order valence-corrected chi connectivity index (χ2v) is 4.93. The van der Waals surface area contributed by atoms with Gasteiger partial charge in [-0.25, -0.2) is 0 Å². The van der Waals surface area contributed by atoms with Crippen LogP contribution < -0.4 is 10.6 Å². The van der Waals surface area contributed by atoms with Gasteiger partial charge in [0, 0.05) is 7.05 Å². The Morgan fingerprint density at radius 3 is 2.42 bits per heavy atom. The Labute approximate surface area is 111 Å². The summed E-state index contributed by atoms with van der Waals surface area (Å²) in [7, 11) is 1.59. The molecule has 0 spiro atoms. The third-order valence-corrected chi connectivity index (χ3v) is 3.66. The molecular weight excluding hydrogens is 246 g/mol. The first-order valence-electron chi connectivity index (χ1n) is 6.51. The lowest BCUT2D eigenvalue weighted by atomic mass is 9.80. The van der Waals surface area contributed by atoms with E-state index in [1.165, 1.54) is 0 Å². The van der Waals surface area contributed by atoms with E-state index in [-0.39, 0.29) is 17.5 Å². The summed E-state index contributed by atoms with van der Waals surface area (Å²) in [6.45, 7) is 1.70. The van der Waals surface area contributed by atoms with Gasteiger partial charge in [0.15, 0.2) is 5.69 Å². The number of nitrogens with zero attached hydrogens (tertiary/aromatic N) is 2.